The summed E-state index contributed by atoms with van der Waals surface area (Å²) in [6.45, 7) is 0. The van der Waals surface area contributed by atoms with Crippen molar-refractivity contribution in [3.8, 4) is 17.0 Å². The van der Waals surface area contributed by atoms with E-state index < -0.39 is 17.3 Å². The van der Waals surface area contributed by atoms with Gasteiger partial charge in [-0.2, -0.15) is 13.2 Å². The molecule has 0 amide bonds. The van der Waals surface area contributed by atoms with Crippen LogP contribution in [0.3, 0.4) is 0 Å². The number of furan rings is 1. The number of hydrogen-bond donors (Lipinski definition) is 0. The summed E-state index contributed by atoms with van der Waals surface area (Å²) in [5.74, 6) is 0.335. The van der Waals surface area contributed by atoms with Gasteiger partial charge in [0.25, 0.3) is 5.56 Å². The molecular formula is C19H11F3N2O2. The van der Waals surface area contributed by atoms with Crippen molar-refractivity contribution in [3.05, 3.63) is 83.0 Å². The molecule has 0 unspecified atom stereocenters. The van der Waals surface area contributed by atoms with Gasteiger partial charge in [-0.1, -0.05) is 6.07 Å². The van der Waals surface area contributed by atoms with E-state index in [2.05, 4.69) is 4.98 Å². The van der Waals surface area contributed by atoms with E-state index in [1.165, 1.54) is 29.2 Å². The summed E-state index contributed by atoms with van der Waals surface area (Å²) in [6.07, 6.45) is -1.60. The highest BCUT2D eigenvalue weighted by Crippen LogP contribution is 2.31. The van der Waals surface area contributed by atoms with Crippen LogP contribution in [0.4, 0.5) is 13.2 Å². The fourth-order valence-corrected chi connectivity index (χ4v) is 2.81. The van der Waals surface area contributed by atoms with Crippen LogP contribution in [0.2, 0.25) is 0 Å². The topological polar surface area (TPSA) is 48.0 Å². The Bertz CT molecular complexity index is 1150. The largest absolute Gasteiger partial charge is 0.464 e. The zero-order valence-electron chi connectivity index (χ0n) is 13.2. The van der Waals surface area contributed by atoms with E-state index in [0.717, 1.165) is 12.1 Å². The van der Waals surface area contributed by atoms with Gasteiger partial charge in [-0.15, -0.1) is 0 Å². The van der Waals surface area contributed by atoms with Crippen molar-refractivity contribution < 1.29 is 17.6 Å². The Hall–Kier alpha value is -3.35. The second-order valence-electron chi connectivity index (χ2n) is 5.64. The van der Waals surface area contributed by atoms with E-state index in [1.807, 2.05) is 0 Å². The van der Waals surface area contributed by atoms with Gasteiger partial charge in [0.2, 0.25) is 0 Å². The van der Waals surface area contributed by atoms with Gasteiger partial charge in [-0.25, -0.2) is 4.98 Å². The Morgan fingerprint density at radius 1 is 1.00 bits per heavy atom. The lowest BCUT2D eigenvalue weighted by Gasteiger charge is -2.13. The van der Waals surface area contributed by atoms with Crippen molar-refractivity contribution in [1.82, 2.24) is 9.55 Å². The second-order valence-corrected chi connectivity index (χ2v) is 5.64. The van der Waals surface area contributed by atoms with E-state index >= 15 is 0 Å². The Labute approximate surface area is 145 Å². The van der Waals surface area contributed by atoms with Gasteiger partial charge in [0.05, 0.1) is 23.1 Å². The van der Waals surface area contributed by atoms with E-state index in [4.69, 9.17) is 4.42 Å². The molecule has 3 heterocycles. The number of hydrogen-bond acceptors (Lipinski definition) is 3. The second kappa shape index (κ2) is 5.87. The number of aromatic nitrogens is 2. The fraction of sp³-hybridized carbons (Fsp3) is 0.0526. The Balaban J connectivity index is 2.06. The lowest BCUT2D eigenvalue weighted by Crippen LogP contribution is -2.21. The Morgan fingerprint density at radius 2 is 1.85 bits per heavy atom. The fourth-order valence-electron chi connectivity index (χ4n) is 2.81. The summed E-state index contributed by atoms with van der Waals surface area (Å²) in [4.78, 5) is 17.2. The molecule has 3 aromatic heterocycles. The summed E-state index contributed by atoms with van der Waals surface area (Å²) < 4.78 is 45.7. The molecule has 26 heavy (non-hydrogen) atoms. The third-order valence-electron chi connectivity index (χ3n) is 3.98. The standard InChI is InChI=1S/C19H11F3N2O2/c20-19(21,22)13-5-1-6-14(11-13)24-17-12(4-2-8-23-17)10-15(18(24)25)16-7-3-9-26-16/h1-11H. The molecule has 1 aromatic carbocycles. The normalized spacial score (nSPS) is 11.8. The number of rotatable bonds is 2. The lowest BCUT2D eigenvalue weighted by atomic mass is 10.1. The van der Waals surface area contributed by atoms with Crippen molar-refractivity contribution in [1.29, 1.82) is 0 Å². The monoisotopic (exact) mass is 356 g/mol. The predicted octanol–water partition coefficient (Wildman–Crippen LogP) is 4.66. The van der Waals surface area contributed by atoms with Crippen LogP contribution in [0.1, 0.15) is 5.56 Å². The molecule has 0 atom stereocenters. The summed E-state index contributed by atoms with van der Waals surface area (Å²) in [6, 6.07) is 12.9. The first-order chi connectivity index (χ1) is 12.4. The highest BCUT2D eigenvalue weighted by molar-refractivity contribution is 5.81. The summed E-state index contributed by atoms with van der Waals surface area (Å²) in [5, 5.41) is 0.607. The minimum atomic E-state index is -4.51. The van der Waals surface area contributed by atoms with Gasteiger partial charge in [0.15, 0.2) is 0 Å². The maximum Gasteiger partial charge on any atom is 0.416 e. The minimum absolute atomic E-state index is 0.0851. The van der Waals surface area contributed by atoms with E-state index in [0.29, 0.717) is 11.1 Å². The molecule has 4 nitrogen and oxygen atoms in total. The summed E-state index contributed by atoms with van der Waals surface area (Å²) >= 11 is 0. The van der Waals surface area contributed by atoms with Crippen LogP contribution >= 0.6 is 0 Å². The molecule has 4 rings (SSSR count). The van der Waals surface area contributed by atoms with Crippen LogP contribution in [0.15, 0.2) is 76.3 Å². The molecule has 0 spiro atoms. The molecule has 0 aliphatic rings. The van der Waals surface area contributed by atoms with Crippen molar-refractivity contribution in [2.45, 2.75) is 6.18 Å². The first-order valence-corrected chi connectivity index (χ1v) is 7.67. The predicted molar refractivity (Wildman–Crippen MR) is 90.0 cm³/mol. The van der Waals surface area contributed by atoms with Gasteiger partial charge in [-0.05, 0) is 48.5 Å². The van der Waals surface area contributed by atoms with Crippen LogP contribution in [0.5, 0.6) is 0 Å². The van der Waals surface area contributed by atoms with Gasteiger partial charge in [0.1, 0.15) is 11.4 Å². The maximum absolute atomic E-state index is 13.1. The third-order valence-corrected chi connectivity index (χ3v) is 3.98. The van der Waals surface area contributed by atoms with Gasteiger partial charge in [-0.3, -0.25) is 9.36 Å². The first kappa shape index (κ1) is 16.1. The van der Waals surface area contributed by atoms with Gasteiger partial charge < -0.3 is 4.42 Å². The van der Waals surface area contributed by atoms with Crippen molar-refractivity contribution in [2.75, 3.05) is 0 Å². The number of alkyl halides is 3. The van der Waals surface area contributed by atoms with Crippen molar-refractivity contribution in [3.63, 3.8) is 0 Å². The van der Waals surface area contributed by atoms with E-state index in [9.17, 15) is 18.0 Å². The van der Waals surface area contributed by atoms with Crippen molar-refractivity contribution >= 4 is 11.0 Å². The van der Waals surface area contributed by atoms with Crippen LogP contribution < -0.4 is 5.56 Å². The highest BCUT2D eigenvalue weighted by Gasteiger charge is 2.30. The molecule has 0 saturated carbocycles. The van der Waals surface area contributed by atoms with Crippen LogP contribution in [-0.2, 0) is 6.18 Å². The Kier molecular flexibility index (Phi) is 3.64. The number of nitrogens with zero attached hydrogens (tertiary/aromatic N) is 2. The van der Waals surface area contributed by atoms with Gasteiger partial charge in [0, 0.05) is 11.6 Å². The van der Waals surface area contributed by atoms with Crippen LogP contribution in [0.25, 0.3) is 28.0 Å². The molecule has 0 N–H and O–H groups in total. The number of halogens is 3. The average Bonchev–Trinajstić information content (AvgIpc) is 3.15. The Morgan fingerprint density at radius 3 is 2.58 bits per heavy atom. The quantitative estimate of drug-likeness (QED) is 0.525. The molecule has 7 heteroatoms. The third kappa shape index (κ3) is 2.67. The smallest absolute Gasteiger partial charge is 0.416 e. The molecule has 0 aliphatic carbocycles. The molecule has 0 radical (unpaired) electrons. The number of pyridine rings is 2. The number of fused-ring (bicyclic) bond motifs is 1. The molecule has 4 aromatic rings. The average molecular weight is 356 g/mol. The molecule has 130 valence electrons. The molecule has 0 saturated heterocycles. The SMILES string of the molecule is O=c1c(-c2ccco2)cc2cccnc2n1-c1cccc(C(F)(F)F)c1. The summed E-state index contributed by atoms with van der Waals surface area (Å²) in [5.41, 5.74) is -0.748. The summed E-state index contributed by atoms with van der Waals surface area (Å²) in [7, 11) is 0. The lowest BCUT2D eigenvalue weighted by molar-refractivity contribution is -0.137. The molecule has 0 aliphatic heterocycles. The zero-order valence-corrected chi connectivity index (χ0v) is 13.2. The highest BCUT2D eigenvalue weighted by atomic mass is 19.4. The van der Waals surface area contributed by atoms with Crippen LogP contribution in [-0.4, -0.2) is 9.55 Å². The molecule has 0 fully saturated rings. The minimum Gasteiger partial charge on any atom is -0.464 e. The first-order valence-electron chi connectivity index (χ1n) is 7.67. The molecular weight excluding hydrogens is 345 g/mol. The van der Waals surface area contributed by atoms with Gasteiger partial charge >= 0.3 is 6.18 Å². The van der Waals surface area contributed by atoms with E-state index in [1.54, 1.807) is 30.3 Å². The van der Waals surface area contributed by atoms with Crippen molar-refractivity contribution in [2.24, 2.45) is 0 Å². The van der Waals surface area contributed by atoms with E-state index in [-0.39, 0.29) is 16.9 Å². The zero-order chi connectivity index (χ0) is 18.3. The molecule has 0 bridgehead atoms. The van der Waals surface area contributed by atoms with Crippen LogP contribution in [0, 0.1) is 0 Å². The maximum atomic E-state index is 13.1. The number of benzene rings is 1.